The maximum Gasteiger partial charge on any atom is 0.406 e. The minimum Gasteiger partial charge on any atom is -0.382 e. The van der Waals surface area contributed by atoms with E-state index in [1.165, 1.54) is 12.3 Å². The zero-order valence-electron chi connectivity index (χ0n) is 19.1. The summed E-state index contributed by atoms with van der Waals surface area (Å²) in [6.45, 7) is -1.07. The minimum atomic E-state index is -4.45. The van der Waals surface area contributed by atoms with Crippen molar-refractivity contribution in [1.29, 1.82) is 0 Å². The van der Waals surface area contributed by atoms with Crippen LogP contribution < -0.4 is 16.4 Å². The Morgan fingerprint density at radius 3 is 2.58 bits per heavy atom. The highest BCUT2D eigenvalue weighted by Crippen LogP contribution is 2.31. The third-order valence-corrected chi connectivity index (χ3v) is 7.53. The first-order chi connectivity index (χ1) is 17.0. The molecule has 3 aromatic rings. The SMILES string of the molecule is NC(=O)c1ccc(NCC#Cc2cc3c(NC4CCS(=O)(=O)CC4)cccc3n2CC(F)(F)F)cn1. The van der Waals surface area contributed by atoms with Gasteiger partial charge in [-0.15, -0.1) is 0 Å². The molecule has 2 aromatic heterocycles. The van der Waals surface area contributed by atoms with E-state index in [4.69, 9.17) is 5.73 Å². The highest BCUT2D eigenvalue weighted by Gasteiger charge is 2.30. The van der Waals surface area contributed by atoms with Crippen LogP contribution in [-0.2, 0) is 16.4 Å². The molecule has 0 radical (unpaired) electrons. The minimum absolute atomic E-state index is 0.0836. The Morgan fingerprint density at radius 2 is 1.94 bits per heavy atom. The van der Waals surface area contributed by atoms with E-state index in [1.807, 2.05) is 0 Å². The van der Waals surface area contributed by atoms with Crippen LogP contribution in [-0.4, -0.2) is 54.1 Å². The fourth-order valence-electron chi connectivity index (χ4n) is 4.04. The van der Waals surface area contributed by atoms with E-state index in [2.05, 4.69) is 27.5 Å². The van der Waals surface area contributed by atoms with Crippen molar-refractivity contribution in [2.45, 2.75) is 31.6 Å². The van der Waals surface area contributed by atoms with E-state index < -0.39 is 28.5 Å². The van der Waals surface area contributed by atoms with Crippen molar-refractivity contribution in [3.05, 3.63) is 54.0 Å². The van der Waals surface area contributed by atoms with Gasteiger partial charge in [0.05, 0.1) is 41.1 Å². The van der Waals surface area contributed by atoms with E-state index in [-0.39, 0.29) is 35.5 Å². The molecule has 4 N–H and O–H groups in total. The standard InChI is InChI=1S/C24H24F3N5O3S/c25-24(26,27)15-32-18(3-2-10-29-17-6-7-21(23(28)33)30-14-17)13-19-20(4-1-5-22(19)32)31-16-8-11-36(34,35)12-9-16/h1,4-7,13-14,16,29,31H,8-12,15H2,(H2,28,33). The second-order valence-corrected chi connectivity index (χ2v) is 10.8. The number of benzene rings is 1. The lowest BCUT2D eigenvalue weighted by atomic mass is 10.1. The summed E-state index contributed by atoms with van der Waals surface area (Å²) in [5, 5.41) is 6.86. The van der Waals surface area contributed by atoms with Crippen LogP contribution in [0.3, 0.4) is 0 Å². The molecule has 0 atom stereocenters. The van der Waals surface area contributed by atoms with Crippen molar-refractivity contribution in [1.82, 2.24) is 9.55 Å². The van der Waals surface area contributed by atoms with Gasteiger partial charge in [-0.1, -0.05) is 12.0 Å². The number of pyridine rings is 1. The molecule has 0 spiro atoms. The van der Waals surface area contributed by atoms with Crippen LogP contribution in [0.4, 0.5) is 24.5 Å². The van der Waals surface area contributed by atoms with Crippen LogP contribution in [0.15, 0.2) is 42.6 Å². The number of aromatic nitrogens is 2. The van der Waals surface area contributed by atoms with Crippen LogP contribution in [0.1, 0.15) is 29.0 Å². The number of primary amides is 1. The van der Waals surface area contributed by atoms with Gasteiger partial charge in [0.15, 0.2) is 0 Å². The molecule has 0 bridgehead atoms. The van der Waals surface area contributed by atoms with Crippen molar-refractivity contribution in [3.8, 4) is 11.8 Å². The van der Waals surface area contributed by atoms with Crippen molar-refractivity contribution >= 4 is 38.0 Å². The first kappa shape index (κ1) is 25.4. The summed E-state index contributed by atoms with van der Waals surface area (Å²) in [7, 11) is -3.03. The summed E-state index contributed by atoms with van der Waals surface area (Å²) in [6.07, 6.45) is -2.16. The van der Waals surface area contributed by atoms with Gasteiger partial charge in [0, 0.05) is 17.1 Å². The molecule has 0 saturated carbocycles. The van der Waals surface area contributed by atoms with Crippen molar-refractivity contribution < 1.29 is 26.4 Å². The fraction of sp³-hybridized carbons (Fsp3) is 0.333. The number of carbonyl (C=O) groups excluding carboxylic acids is 1. The Bertz CT molecular complexity index is 1420. The number of hydrogen-bond acceptors (Lipinski definition) is 6. The van der Waals surface area contributed by atoms with E-state index in [9.17, 15) is 26.4 Å². The number of nitrogens with zero attached hydrogens (tertiary/aromatic N) is 2. The molecule has 1 aliphatic rings. The number of nitrogens with two attached hydrogens (primary N) is 1. The van der Waals surface area contributed by atoms with E-state index in [0.717, 1.165) is 4.57 Å². The molecule has 8 nitrogen and oxygen atoms in total. The summed E-state index contributed by atoms with van der Waals surface area (Å²) in [5.74, 6) is 5.16. The molecule has 1 saturated heterocycles. The largest absolute Gasteiger partial charge is 0.406 e. The zero-order chi connectivity index (χ0) is 25.9. The van der Waals surface area contributed by atoms with Crippen molar-refractivity contribution in [2.24, 2.45) is 5.73 Å². The Balaban J connectivity index is 1.57. The van der Waals surface area contributed by atoms with E-state index in [1.54, 1.807) is 30.3 Å². The van der Waals surface area contributed by atoms with Crippen LogP contribution in [0, 0.1) is 11.8 Å². The summed E-state index contributed by atoms with van der Waals surface area (Å²) in [4.78, 5) is 15.0. The molecule has 4 rings (SSSR count). The maximum absolute atomic E-state index is 13.4. The molecule has 0 unspecified atom stereocenters. The van der Waals surface area contributed by atoms with Crippen LogP contribution in [0.5, 0.6) is 0 Å². The predicted octanol–water partition coefficient (Wildman–Crippen LogP) is 3.15. The van der Waals surface area contributed by atoms with Gasteiger partial charge in [-0.2, -0.15) is 13.2 Å². The van der Waals surface area contributed by atoms with E-state index in [0.29, 0.717) is 35.1 Å². The molecular weight excluding hydrogens is 495 g/mol. The Kier molecular flexibility index (Phi) is 7.12. The predicted molar refractivity (Wildman–Crippen MR) is 131 cm³/mol. The molecule has 12 heteroatoms. The number of anilines is 2. The van der Waals surface area contributed by atoms with Crippen LogP contribution in [0.2, 0.25) is 0 Å². The maximum atomic E-state index is 13.4. The van der Waals surface area contributed by atoms with Gasteiger partial charge in [0.2, 0.25) is 0 Å². The summed E-state index contributed by atoms with van der Waals surface area (Å²) >= 11 is 0. The molecule has 1 aromatic carbocycles. The zero-order valence-corrected chi connectivity index (χ0v) is 19.9. The molecule has 1 amide bonds. The number of rotatable bonds is 6. The van der Waals surface area contributed by atoms with Gasteiger partial charge in [0.1, 0.15) is 22.1 Å². The number of sulfone groups is 1. The smallest absolute Gasteiger partial charge is 0.382 e. The first-order valence-corrected chi connectivity index (χ1v) is 13.0. The first-order valence-electron chi connectivity index (χ1n) is 11.2. The Labute approximate surface area is 206 Å². The highest BCUT2D eigenvalue weighted by atomic mass is 32.2. The summed E-state index contributed by atoms with van der Waals surface area (Å²) in [5.41, 5.74) is 7.06. The van der Waals surface area contributed by atoms with Gasteiger partial charge >= 0.3 is 6.18 Å². The van der Waals surface area contributed by atoms with Gasteiger partial charge < -0.3 is 20.9 Å². The normalized spacial score (nSPS) is 15.8. The van der Waals surface area contributed by atoms with Crippen LogP contribution >= 0.6 is 0 Å². The highest BCUT2D eigenvalue weighted by molar-refractivity contribution is 7.91. The van der Waals surface area contributed by atoms with Gasteiger partial charge in [0.25, 0.3) is 5.91 Å². The number of carbonyl (C=O) groups is 1. The monoisotopic (exact) mass is 519 g/mol. The third-order valence-electron chi connectivity index (χ3n) is 5.81. The van der Waals surface area contributed by atoms with Crippen LogP contribution in [0.25, 0.3) is 10.9 Å². The number of amides is 1. The number of nitrogens with one attached hydrogen (secondary N) is 2. The fourth-order valence-corrected chi connectivity index (χ4v) is 5.53. The molecular formula is C24H24F3N5O3S. The molecule has 190 valence electrons. The molecule has 1 fully saturated rings. The van der Waals surface area contributed by atoms with Crippen molar-refractivity contribution in [2.75, 3.05) is 28.7 Å². The number of fused-ring (bicyclic) bond motifs is 1. The molecule has 36 heavy (non-hydrogen) atoms. The number of alkyl halides is 3. The lowest BCUT2D eigenvalue weighted by Crippen LogP contribution is -2.32. The molecule has 0 aliphatic carbocycles. The van der Waals surface area contributed by atoms with Gasteiger partial charge in [-0.3, -0.25) is 4.79 Å². The average Bonchev–Trinajstić information content (AvgIpc) is 3.15. The molecule has 3 heterocycles. The second-order valence-electron chi connectivity index (χ2n) is 8.49. The topological polar surface area (TPSA) is 119 Å². The number of hydrogen-bond donors (Lipinski definition) is 3. The summed E-state index contributed by atoms with van der Waals surface area (Å²) in [6, 6.07) is 9.62. The lowest BCUT2D eigenvalue weighted by molar-refractivity contribution is -0.140. The van der Waals surface area contributed by atoms with Gasteiger partial charge in [-0.05, 0) is 49.1 Å². The quantitative estimate of drug-likeness (QED) is 0.431. The molecule has 1 aliphatic heterocycles. The Morgan fingerprint density at radius 1 is 1.19 bits per heavy atom. The summed E-state index contributed by atoms with van der Waals surface area (Å²) < 4.78 is 64.7. The van der Waals surface area contributed by atoms with E-state index >= 15 is 0 Å². The number of halogens is 3. The van der Waals surface area contributed by atoms with Gasteiger partial charge in [-0.25, -0.2) is 13.4 Å². The lowest BCUT2D eigenvalue weighted by Gasteiger charge is -2.24. The average molecular weight is 520 g/mol. The Hall–Kier alpha value is -3.72. The third kappa shape index (κ3) is 6.28. The van der Waals surface area contributed by atoms with Crippen molar-refractivity contribution in [3.63, 3.8) is 0 Å². The second kappa shape index (κ2) is 10.1.